The van der Waals surface area contributed by atoms with Gasteiger partial charge in [-0.2, -0.15) is 5.10 Å². The summed E-state index contributed by atoms with van der Waals surface area (Å²) in [7, 11) is 0. The molecule has 3 unspecified atom stereocenters. The Hall–Kier alpha value is -0.910. The number of H-pyrrole nitrogens is 1. The second-order valence-corrected chi connectivity index (χ2v) is 5.36. The van der Waals surface area contributed by atoms with E-state index in [1.54, 1.807) is 13.1 Å². The SMILES string of the molecule is CCOC(=O)C1CC(F)CCC1c1[nH]ncc1Br. The molecule has 100 valence electrons. The van der Waals surface area contributed by atoms with Gasteiger partial charge in [0.2, 0.25) is 0 Å². The Bertz CT molecular complexity index is 424. The first-order valence-corrected chi connectivity index (χ1v) is 6.92. The van der Waals surface area contributed by atoms with Crippen molar-refractivity contribution in [2.45, 2.75) is 38.3 Å². The Labute approximate surface area is 113 Å². The van der Waals surface area contributed by atoms with Gasteiger partial charge in [-0.3, -0.25) is 9.89 Å². The summed E-state index contributed by atoms with van der Waals surface area (Å²) in [5, 5.41) is 6.83. The summed E-state index contributed by atoms with van der Waals surface area (Å²) in [5.74, 6) is -0.787. The molecule has 6 heteroatoms. The van der Waals surface area contributed by atoms with Crippen molar-refractivity contribution in [2.75, 3.05) is 6.61 Å². The van der Waals surface area contributed by atoms with Gasteiger partial charge < -0.3 is 4.74 Å². The second kappa shape index (κ2) is 5.82. The molecule has 0 spiro atoms. The molecule has 1 aliphatic carbocycles. The molecule has 0 aliphatic heterocycles. The van der Waals surface area contributed by atoms with Crippen LogP contribution in [-0.2, 0) is 9.53 Å². The summed E-state index contributed by atoms with van der Waals surface area (Å²) in [6.45, 7) is 2.08. The van der Waals surface area contributed by atoms with Gasteiger partial charge in [0.25, 0.3) is 0 Å². The quantitative estimate of drug-likeness (QED) is 0.872. The lowest BCUT2D eigenvalue weighted by molar-refractivity contribution is -0.150. The number of carbonyl (C=O) groups is 1. The summed E-state index contributed by atoms with van der Waals surface area (Å²) >= 11 is 3.39. The molecule has 2 rings (SSSR count). The molecule has 0 aromatic carbocycles. The Morgan fingerprint density at radius 2 is 2.44 bits per heavy atom. The van der Waals surface area contributed by atoms with Gasteiger partial charge in [-0.25, -0.2) is 4.39 Å². The zero-order valence-corrected chi connectivity index (χ0v) is 11.7. The largest absolute Gasteiger partial charge is 0.466 e. The Balaban J connectivity index is 2.21. The third-order valence-corrected chi connectivity index (χ3v) is 4.00. The minimum absolute atomic E-state index is 0.0482. The number of ether oxygens (including phenoxy) is 1. The maximum absolute atomic E-state index is 13.5. The van der Waals surface area contributed by atoms with Crippen molar-refractivity contribution in [1.82, 2.24) is 10.2 Å². The summed E-state index contributed by atoms with van der Waals surface area (Å²) in [6, 6.07) is 0. The number of esters is 1. The molecular weight excluding hydrogens is 303 g/mol. The van der Waals surface area contributed by atoms with E-state index in [0.717, 1.165) is 10.2 Å². The third kappa shape index (κ3) is 2.74. The van der Waals surface area contributed by atoms with Crippen molar-refractivity contribution in [3.8, 4) is 0 Å². The Morgan fingerprint density at radius 3 is 3.06 bits per heavy atom. The van der Waals surface area contributed by atoms with Crippen LogP contribution < -0.4 is 0 Å². The Morgan fingerprint density at radius 1 is 1.67 bits per heavy atom. The minimum Gasteiger partial charge on any atom is -0.466 e. The van der Waals surface area contributed by atoms with Crippen molar-refractivity contribution in [3.05, 3.63) is 16.4 Å². The van der Waals surface area contributed by atoms with Crippen molar-refractivity contribution in [3.63, 3.8) is 0 Å². The molecule has 3 atom stereocenters. The van der Waals surface area contributed by atoms with E-state index in [-0.39, 0.29) is 18.3 Å². The van der Waals surface area contributed by atoms with Crippen LogP contribution in [0.5, 0.6) is 0 Å². The Kier molecular flexibility index (Phi) is 4.37. The molecule has 18 heavy (non-hydrogen) atoms. The predicted octanol–water partition coefficient (Wildman–Crippen LogP) is 2.96. The van der Waals surface area contributed by atoms with Gasteiger partial charge in [-0.1, -0.05) is 0 Å². The molecule has 1 aromatic rings. The number of carbonyl (C=O) groups excluding carboxylic acids is 1. The van der Waals surface area contributed by atoms with Crippen molar-refractivity contribution < 1.29 is 13.9 Å². The maximum atomic E-state index is 13.5. The molecule has 0 amide bonds. The highest BCUT2D eigenvalue weighted by Crippen LogP contribution is 2.41. The van der Waals surface area contributed by atoms with Crippen LogP contribution in [0.1, 0.15) is 37.8 Å². The number of hydrogen-bond donors (Lipinski definition) is 1. The molecule has 1 heterocycles. The highest BCUT2D eigenvalue weighted by Gasteiger charge is 2.38. The fourth-order valence-corrected chi connectivity index (χ4v) is 3.00. The summed E-state index contributed by atoms with van der Waals surface area (Å²) < 4.78 is 19.4. The van der Waals surface area contributed by atoms with Gasteiger partial charge in [0.05, 0.1) is 28.9 Å². The summed E-state index contributed by atoms with van der Waals surface area (Å²) in [5.41, 5.74) is 0.861. The van der Waals surface area contributed by atoms with Crippen LogP contribution in [0.15, 0.2) is 10.7 Å². The van der Waals surface area contributed by atoms with E-state index in [2.05, 4.69) is 26.1 Å². The monoisotopic (exact) mass is 318 g/mol. The molecule has 4 nitrogen and oxygen atoms in total. The average Bonchev–Trinajstić information content (AvgIpc) is 2.76. The van der Waals surface area contributed by atoms with Gasteiger partial charge in [0, 0.05) is 5.92 Å². The van der Waals surface area contributed by atoms with E-state index < -0.39 is 12.1 Å². The molecule has 0 bridgehead atoms. The van der Waals surface area contributed by atoms with E-state index in [9.17, 15) is 9.18 Å². The van der Waals surface area contributed by atoms with Gasteiger partial charge >= 0.3 is 5.97 Å². The topological polar surface area (TPSA) is 55.0 Å². The molecule has 0 saturated heterocycles. The fourth-order valence-electron chi connectivity index (χ4n) is 2.52. The molecule has 1 aromatic heterocycles. The van der Waals surface area contributed by atoms with Crippen LogP contribution in [0, 0.1) is 5.92 Å². The lowest BCUT2D eigenvalue weighted by Crippen LogP contribution is -2.32. The number of alkyl halides is 1. The van der Waals surface area contributed by atoms with Gasteiger partial charge in [-0.05, 0) is 42.1 Å². The highest BCUT2D eigenvalue weighted by molar-refractivity contribution is 9.10. The zero-order chi connectivity index (χ0) is 13.1. The van der Waals surface area contributed by atoms with Crippen molar-refractivity contribution >= 4 is 21.9 Å². The zero-order valence-electron chi connectivity index (χ0n) is 10.2. The number of aromatic amines is 1. The maximum Gasteiger partial charge on any atom is 0.309 e. The predicted molar refractivity (Wildman–Crippen MR) is 67.9 cm³/mol. The van der Waals surface area contributed by atoms with Crippen LogP contribution in [-0.4, -0.2) is 28.9 Å². The standard InChI is InChI=1S/C12H16BrFN2O2/c1-2-18-12(17)9-5-7(14)3-4-8(9)11-10(13)6-15-16-11/h6-9H,2-5H2,1H3,(H,15,16). The molecule has 1 aliphatic rings. The van der Waals surface area contributed by atoms with Gasteiger partial charge in [-0.15, -0.1) is 0 Å². The number of halogens is 2. The number of rotatable bonds is 3. The van der Waals surface area contributed by atoms with E-state index in [0.29, 0.717) is 19.4 Å². The molecule has 1 fully saturated rings. The lowest BCUT2D eigenvalue weighted by Gasteiger charge is -2.31. The van der Waals surface area contributed by atoms with Crippen LogP contribution >= 0.6 is 15.9 Å². The van der Waals surface area contributed by atoms with Gasteiger partial charge in [0.1, 0.15) is 6.17 Å². The van der Waals surface area contributed by atoms with E-state index >= 15 is 0 Å². The fraction of sp³-hybridized carbons (Fsp3) is 0.667. The van der Waals surface area contributed by atoms with Gasteiger partial charge in [0.15, 0.2) is 0 Å². The average molecular weight is 319 g/mol. The van der Waals surface area contributed by atoms with Crippen molar-refractivity contribution in [2.24, 2.45) is 5.92 Å². The molecule has 0 radical (unpaired) electrons. The normalized spacial score (nSPS) is 28.1. The highest BCUT2D eigenvalue weighted by atomic mass is 79.9. The number of nitrogens with zero attached hydrogens (tertiary/aromatic N) is 1. The minimum atomic E-state index is -0.919. The first-order chi connectivity index (χ1) is 8.63. The van der Waals surface area contributed by atoms with Crippen LogP contribution in [0.2, 0.25) is 0 Å². The number of nitrogens with one attached hydrogen (secondary N) is 1. The number of aromatic nitrogens is 2. The summed E-state index contributed by atoms with van der Waals surface area (Å²) in [4.78, 5) is 11.9. The second-order valence-electron chi connectivity index (χ2n) is 4.51. The first kappa shape index (κ1) is 13.5. The van der Waals surface area contributed by atoms with Crippen molar-refractivity contribution in [1.29, 1.82) is 0 Å². The third-order valence-electron chi connectivity index (χ3n) is 3.37. The van der Waals surface area contributed by atoms with Crippen LogP contribution in [0.25, 0.3) is 0 Å². The molecular formula is C12H16BrFN2O2. The van der Waals surface area contributed by atoms with E-state index in [1.165, 1.54) is 0 Å². The van der Waals surface area contributed by atoms with Crippen LogP contribution in [0.4, 0.5) is 4.39 Å². The molecule has 1 N–H and O–H groups in total. The smallest absolute Gasteiger partial charge is 0.309 e. The summed E-state index contributed by atoms with van der Waals surface area (Å²) in [6.07, 6.45) is 2.07. The van der Waals surface area contributed by atoms with E-state index in [1.807, 2.05) is 0 Å². The first-order valence-electron chi connectivity index (χ1n) is 6.13. The van der Waals surface area contributed by atoms with E-state index in [4.69, 9.17) is 4.74 Å². The van der Waals surface area contributed by atoms with Crippen LogP contribution in [0.3, 0.4) is 0 Å². The number of hydrogen-bond acceptors (Lipinski definition) is 3. The lowest BCUT2D eigenvalue weighted by atomic mass is 9.76. The molecule has 1 saturated carbocycles.